The van der Waals surface area contributed by atoms with Crippen LogP contribution in [0.3, 0.4) is 0 Å². The van der Waals surface area contributed by atoms with Crippen LogP contribution in [0.25, 0.3) is 0 Å². The molecule has 1 aliphatic heterocycles. The van der Waals surface area contributed by atoms with Gasteiger partial charge in [0.05, 0.1) is 22.5 Å². The first-order chi connectivity index (χ1) is 17.2. The molecule has 8 heteroatoms. The molecule has 1 N–H and O–H groups in total. The highest BCUT2D eigenvalue weighted by Crippen LogP contribution is 2.36. The minimum atomic E-state index is -4.60. The monoisotopic (exact) mass is 498 g/mol. The Hall–Kier alpha value is -3.68. The zero-order valence-electron chi connectivity index (χ0n) is 19.7. The third-order valence-corrected chi connectivity index (χ3v) is 6.54. The van der Waals surface area contributed by atoms with Crippen LogP contribution >= 0.6 is 0 Å². The molecule has 188 valence electrons. The minimum Gasteiger partial charge on any atom is -0.371 e. The van der Waals surface area contributed by atoms with Gasteiger partial charge in [-0.3, -0.25) is 9.59 Å². The molecule has 0 bridgehead atoms. The second-order valence-electron chi connectivity index (χ2n) is 8.80. The maximum atomic E-state index is 13.4. The molecule has 1 aliphatic rings. The largest absolute Gasteiger partial charge is 0.418 e. The fourth-order valence-corrected chi connectivity index (χ4v) is 4.68. The predicted octanol–water partition coefficient (Wildman–Crippen LogP) is 6.76. The molecule has 1 fully saturated rings. The Kier molecular flexibility index (Phi) is 7.43. The molecule has 1 saturated heterocycles. The zero-order chi connectivity index (χ0) is 25.9. The lowest BCUT2D eigenvalue weighted by Gasteiger charge is -2.35. The van der Waals surface area contributed by atoms with E-state index < -0.39 is 23.5 Å². The molecule has 36 heavy (non-hydrogen) atoms. The summed E-state index contributed by atoms with van der Waals surface area (Å²) in [6, 6.07) is 15.6. The van der Waals surface area contributed by atoms with E-state index in [4.69, 9.17) is 0 Å². The third-order valence-electron chi connectivity index (χ3n) is 6.54. The number of carbonyl (C=O) groups excluding carboxylic acids is 2. The molecule has 1 heterocycles. The topological polar surface area (TPSA) is 49.4 Å². The summed E-state index contributed by atoms with van der Waals surface area (Å²) >= 11 is 0. The van der Waals surface area contributed by atoms with Crippen molar-refractivity contribution in [2.75, 3.05) is 23.3 Å². The van der Waals surface area contributed by atoms with Crippen LogP contribution in [0.2, 0.25) is 0 Å². The maximum Gasteiger partial charge on any atom is 0.418 e. The lowest BCUT2D eigenvalue weighted by Crippen LogP contribution is -2.38. The molecule has 3 aromatic carbocycles. The van der Waals surface area contributed by atoms with Gasteiger partial charge < -0.3 is 10.2 Å². The number of anilines is 2. The van der Waals surface area contributed by atoms with E-state index in [1.165, 1.54) is 42.5 Å². The zero-order valence-corrected chi connectivity index (χ0v) is 19.7. The van der Waals surface area contributed by atoms with Crippen LogP contribution in [0.4, 0.5) is 28.9 Å². The number of amides is 1. The number of rotatable bonds is 6. The fraction of sp³-hybridized carbons (Fsp3) is 0.286. The van der Waals surface area contributed by atoms with Crippen molar-refractivity contribution in [3.8, 4) is 0 Å². The number of hydrogen-bond donors (Lipinski definition) is 1. The molecule has 0 aromatic heterocycles. The molecule has 0 radical (unpaired) electrons. The average Bonchev–Trinajstić information content (AvgIpc) is 2.88. The van der Waals surface area contributed by atoms with Gasteiger partial charge >= 0.3 is 6.18 Å². The maximum absolute atomic E-state index is 13.4. The summed E-state index contributed by atoms with van der Waals surface area (Å²) in [6.45, 7) is 2.96. The minimum absolute atomic E-state index is 0.0415. The fourth-order valence-electron chi connectivity index (χ4n) is 4.68. The summed E-state index contributed by atoms with van der Waals surface area (Å²) in [5, 5.41) is 2.45. The van der Waals surface area contributed by atoms with E-state index in [-0.39, 0.29) is 23.0 Å². The summed E-state index contributed by atoms with van der Waals surface area (Å²) in [7, 11) is 0. The van der Waals surface area contributed by atoms with Crippen molar-refractivity contribution in [2.45, 2.75) is 32.4 Å². The van der Waals surface area contributed by atoms with Gasteiger partial charge in [-0.1, -0.05) is 31.2 Å². The Morgan fingerprint density at radius 2 is 1.61 bits per heavy atom. The van der Waals surface area contributed by atoms with Crippen LogP contribution in [0.1, 0.15) is 51.6 Å². The van der Waals surface area contributed by atoms with Crippen molar-refractivity contribution in [1.82, 2.24) is 0 Å². The van der Waals surface area contributed by atoms with Gasteiger partial charge in [-0.05, 0) is 67.3 Å². The number of halogens is 4. The quantitative estimate of drug-likeness (QED) is 0.302. The van der Waals surface area contributed by atoms with Crippen LogP contribution in [0.15, 0.2) is 66.7 Å². The number of piperidine rings is 1. The van der Waals surface area contributed by atoms with Gasteiger partial charge in [0.1, 0.15) is 5.82 Å². The first-order valence-corrected chi connectivity index (χ1v) is 11.8. The summed E-state index contributed by atoms with van der Waals surface area (Å²) in [5.41, 5.74) is 1.12. The van der Waals surface area contributed by atoms with Crippen molar-refractivity contribution < 1.29 is 27.2 Å². The van der Waals surface area contributed by atoms with Gasteiger partial charge in [-0.25, -0.2) is 4.39 Å². The van der Waals surface area contributed by atoms with E-state index in [0.29, 0.717) is 43.6 Å². The summed E-state index contributed by atoms with van der Waals surface area (Å²) in [6.07, 6.45) is -2.88. The van der Waals surface area contributed by atoms with Gasteiger partial charge in [0.2, 0.25) is 0 Å². The molecule has 0 atom stereocenters. The Balaban J connectivity index is 1.55. The van der Waals surface area contributed by atoms with Crippen molar-refractivity contribution in [2.24, 2.45) is 5.92 Å². The molecule has 4 nitrogen and oxygen atoms in total. The highest BCUT2D eigenvalue weighted by Gasteiger charge is 2.34. The first-order valence-electron chi connectivity index (χ1n) is 11.8. The predicted molar refractivity (Wildman–Crippen MR) is 131 cm³/mol. The van der Waals surface area contributed by atoms with E-state index in [2.05, 4.69) is 5.32 Å². The summed E-state index contributed by atoms with van der Waals surface area (Å²) < 4.78 is 53.5. The first kappa shape index (κ1) is 25.4. The van der Waals surface area contributed by atoms with Crippen molar-refractivity contribution in [3.05, 3.63) is 94.8 Å². The summed E-state index contributed by atoms with van der Waals surface area (Å²) in [4.78, 5) is 28.1. The van der Waals surface area contributed by atoms with Crippen LogP contribution in [0.5, 0.6) is 0 Å². The number of carbonyl (C=O) groups is 2. The Labute approximate surface area is 206 Å². The van der Waals surface area contributed by atoms with Gasteiger partial charge in [-0.15, -0.1) is 0 Å². The second-order valence-corrected chi connectivity index (χ2v) is 8.80. The third kappa shape index (κ3) is 5.42. The Morgan fingerprint density at radius 1 is 0.944 bits per heavy atom. The SMILES string of the molecule is CCc1cccc(C(=O)Nc2ccccc2C(F)(F)F)c1N1CCC(C(=O)c2ccc(F)cc2)CC1. The lowest BCUT2D eigenvalue weighted by molar-refractivity contribution is -0.136. The van der Waals surface area contributed by atoms with Gasteiger partial charge in [0, 0.05) is 24.6 Å². The Bertz CT molecular complexity index is 1250. The van der Waals surface area contributed by atoms with Crippen LogP contribution in [0, 0.1) is 11.7 Å². The van der Waals surface area contributed by atoms with Crippen molar-refractivity contribution in [1.29, 1.82) is 0 Å². The Morgan fingerprint density at radius 3 is 2.25 bits per heavy atom. The van der Waals surface area contributed by atoms with Crippen molar-refractivity contribution in [3.63, 3.8) is 0 Å². The molecule has 3 aromatic rings. The van der Waals surface area contributed by atoms with Crippen LogP contribution in [-0.4, -0.2) is 24.8 Å². The number of benzene rings is 3. The number of nitrogens with one attached hydrogen (secondary N) is 1. The number of para-hydroxylation sites is 2. The smallest absolute Gasteiger partial charge is 0.371 e. The van der Waals surface area contributed by atoms with E-state index in [9.17, 15) is 27.2 Å². The molecule has 1 amide bonds. The molecular formula is C28H26F4N2O2. The number of alkyl halides is 3. The number of nitrogens with zero attached hydrogens (tertiary/aromatic N) is 1. The number of aryl methyl sites for hydroxylation is 1. The lowest BCUT2D eigenvalue weighted by atomic mass is 9.88. The van der Waals surface area contributed by atoms with E-state index in [1.54, 1.807) is 12.1 Å². The van der Waals surface area contributed by atoms with E-state index in [1.807, 2.05) is 17.9 Å². The molecule has 4 rings (SSSR count). The highest BCUT2D eigenvalue weighted by atomic mass is 19.4. The molecule has 0 spiro atoms. The van der Waals surface area contributed by atoms with Gasteiger partial charge in [0.25, 0.3) is 5.91 Å². The van der Waals surface area contributed by atoms with Crippen LogP contribution in [-0.2, 0) is 12.6 Å². The normalized spacial score (nSPS) is 14.5. The molecule has 0 unspecified atom stereocenters. The van der Waals surface area contributed by atoms with Gasteiger partial charge in [-0.2, -0.15) is 13.2 Å². The number of hydrogen-bond acceptors (Lipinski definition) is 3. The summed E-state index contributed by atoms with van der Waals surface area (Å²) in [5.74, 6) is -1.29. The molecular weight excluding hydrogens is 472 g/mol. The van der Waals surface area contributed by atoms with E-state index in [0.717, 1.165) is 11.6 Å². The molecule has 0 aliphatic carbocycles. The standard InChI is InChI=1S/C28H26F4N2O2/c1-2-18-6-5-7-22(27(36)33-24-9-4-3-8-23(24)28(30,31)32)25(18)34-16-14-20(15-17-34)26(35)19-10-12-21(29)13-11-19/h3-13,20H,2,14-17H2,1H3,(H,33,36). The molecule has 0 saturated carbocycles. The number of Topliss-reactive ketones (excluding diaryl/α,β-unsaturated/α-hetero) is 1. The van der Waals surface area contributed by atoms with E-state index >= 15 is 0 Å². The van der Waals surface area contributed by atoms with Gasteiger partial charge in [0.15, 0.2) is 5.78 Å². The van der Waals surface area contributed by atoms with Crippen molar-refractivity contribution >= 4 is 23.1 Å². The number of ketones is 1. The van der Waals surface area contributed by atoms with Crippen LogP contribution < -0.4 is 10.2 Å². The highest BCUT2D eigenvalue weighted by molar-refractivity contribution is 6.09. The second kappa shape index (κ2) is 10.5. The average molecular weight is 499 g/mol.